The van der Waals surface area contributed by atoms with Crippen LogP contribution in [0.5, 0.6) is 0 Å². The van der Waals surface area contributed by atoms with Crippen molar-refractivity contribution in [2.45, 2.75) is 33.2 Å². The van der Waals surface area contributed by atoms with Gasteiger partial charge in [-0.25, -0.2) is 4.99 Å². The van der Waals surface area contributed by atoms with E-state index in [1.54, 1.807) is 13.4 Å². The highest BCUT2D eigenvalue weighted by Crippen LogP contribution is 2.23. The lowest BCUT2D eigenvalue weighted by molar-refractivity contribution is 0.0456. The fourth-order valence-electron chi connectivity index (χ4n) is 2.07. The highest BCUT2D eigenvalue weighted by atomic mass is 16.5. The first-order valence-corrected chi connectivity index (χ1v) is 6.92. The molecule has 5 heteroatoms. The molecule has 0 N–H and O–H groups in total. The Morgan fingerprint density at radius 3 is 2.95 bits per heavy atom. The van der Waals surface area contributed by atoms with Crippen molar-refractivity contribution in [1.29, 1.82) is 0 Å². The number of allylic oxidation sites excluding steroid dienone is 1. The van der Waals surface area contributed by atoms with E-state index in [1.807, 2.05) is 13.0 Å². The summed E-state index contributed by atoms with van der Waals surface area (Å²) in [4.78, 5) is 10.7. The SMILES string of the molecule is C=N/C(=C\C(C)=NCCC)N1/C(=C/OC)COCC1C. The van der Waals surface area contributed by atoms with Crippen LogP contribution in [0.2, 0.25) is 0 Å². The molecular weight excluding hydrogens is 254 g/mol. The molecule has 0 radical (unpaired) electrons. The average Bonchev–Trinajstić information content (AvgIpc) is 2.44. The van der Waals surface area contributed by atoms with Crippen molar-refractivity contribution in [3.63, 3.8) is 0 Å². The summed E-state index contributed by atoms with van der Waals surface area (Å²) in [5, 5.41) is 0. The zero-order chi connectivity index (χ0) is 15.0. The van der Waals surface area contributed by atoms with E-state index >= 15 is 0 Å². The lowest BCUT2D eigenvalue weighted by atomic mass is 10.2. The van der Waals surface area contributed by atoms with E-state index in [1.165, 1.54) is 0 Å². The Bertz CT molecular complexity index is 413. The summed E-state index contributed by atoms with van der Waals surface area (Å²) in [5.41, 5.74) is 1.89. The van der Waals surface area contributed by atoms with Crippen LogP contribution >= 0.6 is 0 Å². The topological polar surface area (TPSA) is 46.4 Å². The molecule has 112 valence electrons. The van der Waals surface area contributed by atoms with Crippen LogP contribution in [0.25, 0.3) is 0 Å². The maximum atomic E-state index is 5.53. The predicted octanol–water partition coefficient (Wildman–Crippen LogP) is 2.61. The molecule has 1 saturated heterocycles. The molecule has 0 amide bonds. The van der Waals surface area contributed by atoms with Gasteiger partial charge in [0.2, 0.25) is 0 Å². The normalized spacial score (nSPS) is 23.1. The number of ether oxygens (including phenoxy) is 2. The van der Waals surface area contributed by atoms with E-state index < -0.39 is 0 Å². The molecule has 1 unspecified atom stereocenters. The molecule has 1 rings (SSSR count). The van der Waals surface area contributed by atoms with Gasteiger partial charge in [0.05, 0.1) is 32.1 Å². The van der Waals surface area contributed by atoms with Crippen molar-refractivity contribution in [2.24, 2.45) is 9.98 Å². The number of hydrogen-bond acceptors (Lipinski definition) is 5. The maximum absolute atomic E-state index is 5.53. The highest BCUT2D eigenvalue weighted by molar-refractivity contribution is 5.93. The molecule has 1 heterocycles. The Labute approximate surface area is 121 Å². The summed E-state index contributed by atoms with van der Waals surface area (Å²) in [5.74, 6) is 0.779. The fourth-order valence-corrected chi connectivity index (χ4v) is 2.07. The molecule has 0 aromatic carbocycles. The quantitative estimate of drug-likeness (QED) is 0.554. The van der Waals surface area contributed by atoms with Gasteiger partial charge in [0, 0.05) is 18.3 Å². The lowest BCUT2D eigenvalue weighted by Gasteiger charge is -2.36. The van der Waals surface area contributed by atoms with Gasteiger partial charge in [-0.2, -0.15) is 0 Å². The summed E-state index contributed by atoms with van der Waals surface area (Å²) < 4.78 is 10.7. The molecule has 0 aliphatic carbocycles. The van der Waals surface area contributed by atoms with Gasteiger partial charge in [-0.3, -0.25) is 4.99 Å². The van der Waals surface area contributed by atoms with Gasteiger partial charge in [0.15, 0.2) is 0 Å². The molecular formula is C15H25N3O2. The number of methoxy groups -OCH3 is 1. The minimum atomic E-state index is 0.181. The first kappa shape index (κ1) is 16.4. The highest BCUT2D eigenvalue weighted by Gasteiger charge is 2.25. The van der Waals surface area contributed by atoms with Crippen LogP contribution in [0.3, 0.4) is 0 Å². The van der Waals surface area contributed by atoms with Gasteiger partial charge >= 0.3 is 0 Å². The molecule has 1 aliphatic heterocycles. The minimum absolute atomic E-state index is 0.181. The van der Waals surface area contributed by atoms with Crippen LogP contribution in [0.4, 0.5) is 0 Å². The van der Waals surface area contributed by atoms with Gasteiger partial charge in [0.1, 0.15) is 12.1 Å². The molecule has 1 fully saturated rings. The van der Waals surface area contributed by atoms with Gasteiger partial charge < -0.3 is 14.4 Å². The van der Waals surface area contributed by atoms with Crippen molar-refractivity contribution in [3.05, 3.63) is 23.9 Å². The number of aliphatic imine (C=N–C) groups is 2. The molecule has 0 spiro atoms. The van der Waals surface area contributed by atoms with Crippen molar-refractivity contribution < 1.29 is 9.47 Å². The van der Waals surface area contributed by atoms with E-state index in [-0.39, 0.29) is 6.04 Å². The third-order valence-electron chi connectivity index (χ3n) is 2.94. The van der Waals surface area contributed by atoms with Crippen LogP contribution in [0.1, 0.15) is 27.2 Å². The summed E-state index contributed by atoms with van der Waals surface area (Å²) in [6, 6.07) is 0.181. The van der Waals surface area contributed by atoms with Crippen LogP contribution in [0, 0.1) is 0 Å². The number of morpholine rings is 1. The molecule has 1 atom stereocenters. The first-order chi connectivity index (χ1) is 9.63. The standard InChI is InChI=1S/C15H25N3O2/c1-6-7-17-12(2)8-15(16-4)18-13(3)9-20-11-14(18)10-19-5/h8,10,13H,4,6-7,9,11H2,1-3,5H3/b14-10+,15-8+,17-12?. The second kappa shape index (κ2) is 8.53. The third kappa shape index (κ3) is 4.49. The van der Waals surface area contributed by atoms with Gasteiger partial charge in [-0.05, 0) is 27.0 Å². The van der Waals surface area contributed by atoms with Crippen molar-refractivity contribution in [1.82, 2.24) is 4.90 Å². The number of nitrogens with zero attached hydrogens (tertiary/aromatic N) is 3. The number of hydrogen-bond donors (Lipinski definition) is 0. The Morgan fingerprint density at radius 2 is 2.35 bits per heavy atom. The monoisotopic (exact) mass is 279 g/mol. The lowest BCUT2D eigenvalue weighted by Crippen LogP contribution is -2.41. The summed E-state index contributed by atoms with van der Waals surface area (Å²) in [6.45, 7) is 11.8. The Kier molecular flexibility index (Phi) is 7.01. The van der Waals surface area contributed by atoms with E-state index in [0.29, 0.717) is 13.2 Å². The van der Waals surface area contributed by atoms with Crippen molar-refractivity contribution >= 4 is 12.4 Å². The molecule has 0 aromatic heterocycles. The second-order valence-electron chi connectivity index (χ2n) is 4.76. The zero-order valence-corrected chi connectivity index (χ0v) is 12.9. The van der Waals surface area contributed by atoms with Crippen LogP contribution < -0.4 is 0 Å². The minimum Gasteiger partial charge on any atom is -0.502 e. The average molecular weight is 279 g/mol. The van der Waals surface area contributed by atoms with Gasteiger partial charge in [-0.1, -0.05) is 6.92 Å². The van der Waals surface area contributed by atoms with Gasteiger partial charge in [0.25, 0.3) is 0 Å². The third-order valence-corrected chi connectivity index (χ3v) is 2.94. The molecule has 0 aromatic rings. The maximum Gasteiger partial charge on any atom is 0.134 e. The van der Waals surface area contributed by atoms with Crippen molar-refractivity contribution in [3.8, 4) is 0 Å². The van der Waals surface area contributed by atoms with E-state index in [2.05, 4.69) is 35.4 Å². The smallest absolute Gasteiger partial charge is 0.134 e. The van der Waals surface area contributed by atoms with Crippen LogP contribution in [-0.2, 0) is 9.47 Å². The predicted molar refractivity (Wildman–Crippen MR) is 83.1 cm³/mol. The van der Waals surface area contributed by atoms with Crippen LogP contribution in [0.15, 0.2) is 33.8 Å². The van der Waals surface area contributed by atoms with E-state index in [9.17, 15) is 0 Å². The Morgan fingerprint density at radius 1 is 1.60 bits per heavy atom. The fraction of sp³-hybridized carbons (Fsp3) is 0.600. The molecule has 1 aliphatic rings. The largest absolute Gasteiger partial charge is 0.502 e. The second-order valence-corrected chi connectivity index (χ2v) is 4.76. The first-order valence-electron chi connectivity index (χ1n) is 6.92. The van der Waals surface area contributed by atoms with E-state index in [4.69, 9.17) is 9.47 Å². The molecule has 5 nitrogen and oxygen atoms in total. The zero-order valence-electron chi connectivity index (χ0n) is 12.9. The molecule has 0 saturated carbocycles. The van der Waals surface area contributed by atoms with Crippen molar-refractivity contribution in [2.75, 3.05) is 26.9 Å². The van der Waals surface area contributed by atoms with E-state index in [0.717, 1.165) is 30.2 Å². The Balaban J connectivity index is 3.03. The molecule has 0 bridgehead atoms. The summed E-state index contributed by atoms with van der Waals surface area (Å²) in [7, 11) is 1.63. The summed E-state index contributed by atoms with van der Waals surface area (Å²) in [6.07, 6.45) is 4.67. The van der Waals surface area contributed by atoms with Crippen LogP contribution in [-0.4, -0.2) is 50.2 Å². The summed E-state index contributed by atoms with van der Waals surface area (Å²) >= 11 is 0. The van der Waals surface area contributed by atoms with Gasteiger partial charge in [-0.15, -0.1) is 0 Å². The molecule has 20 heavy (non-hydrogen) atoms. The number of rotatable bonds is 6. The Hall–Kier alpha value is -1.62.